The monoisotopic (exact) mass is 282 g/mol. The molecule has 118 valence electrons. The molecule has 0 aromatic heterocycles. The summed E-state index contributed by atoms with van der Waals surface area (Å²) in [6.45, 7) is 12.5. The maximum atomic E-state index is 10.4. The van der Waals surface area contributed by atoms with Crippen molar-refractivity contribution < 1.29 is 5.11 Å². The van der Waals surface area contributed by atoms with Gasteiger partial charge in [0, 0.05) is 25.2 Å². The maximum absolute atomic E-state index is 10.4. The van der Waals surface area contributed by atoms with Gasteiger partial charge in [0.05, 0.1) is 0 Å². The summed E-state index contributed by atoms with van der Waals surface area (Å²) in [5.41, 5.74) is 0. The summed E-state index contributed by atoms with van der Waals surface area (Å²) in [6, 6.07) is 1.19. The highest BCUT2D eigenvalue weighted by atomic mass is 16.3. The van der Waals surface area contributed by atoms with Crippen molar-refractivity contribution in [2.45, 2.75) is 78.1 Å². The molecule has 0 saturated carbocycles. The predicted octanol–water partition coefficient (Wildman–Crippen LogP) is 2.94. The van der Waals surface area contributed by atoms with Crippen LogP contribution in [0, 0.1) is 11.8 Å². The minimum atomic E-state index is -0.240. The van der Waals surface area contributed by atoms with Crippen LogP contribution in [0.25, 0.3) is 0 Å². The fourth-order valence-corrected chi connectivity index (χ4v) is 3.87. The highest BCUT2D eigenvalue weighted by Gasteiger charge is 2.43. The Labute approximate surface area is 125 Å². The fraction of sp³-hybridized carbons (Fsp3) is 1.00. The highest BCUT2D eigenvalue weighted by Crippen LogP contribution is 2.33. The van der Waals surface area contributed by atoms with Crippen molar-refractivity contribution in [3.63, 3.8) is 0 Å². The Balaban J connectivity index is 1.77. The van der Waals surface area contributed by atoms with Crippen LogP contribution in [0.4, 0.5) is 0 Å². The van der Waals surface area contributed by atoms with E-state index in [1.165, 1.54) is 51.7 Å². The number of fused-ring (bicyclic) bond motifs is 2. The van der Waals surface area contributed by atoms with E-state index in [1.807, 2.05) is 0 Å². The Morgan fingerprint density at radius 2 is 1.60 bits per heavy atom. The minimum Gasteiger partial charge on any atom is -0.378 e. The van der Waals surface area contributed by atoms with E-state index in [4.69, 9.17) is 0 Å². The predicted molar refractivity (Wildman–Crippen MR) is 84.6 cm³/mol. The molecule has 3 atom stereocenters. The quantitative estimate of drug-likeness (QED) is 0.727. The molecule has 2 fully saturated rings. The van der Waals surface area contributed by atoms with E-state index >= 15 is 0 Å². The number of likely N-dealkylation sites (tertiary alicyclic amines) is 1. The SMILES string of the molecule is CC(C)CCCCN1C[C@H]2CC[C@@H](C1)N2C(O)C(C)C. The zero-order valence-corrected chi connectivity index (χ0v) is 13.9. The van der Waals surface area contributed by atoms with Crippen molar-refractivity contribution >= 4 is 0 Å². The zero-order valence-electron chi connectivity index (χ0n) is 13.9. The number of hydrogen-bond acceptors (Lipinski definition) is 3. The molecule has 1 N–H and O–H groups in total. The van der Waals surface area contributed by atoms with E-state index in [2.05, 4.69) is 37.5 Å². The second-order valence-corrected chi connectivity index (χ2v) is 7.64. The van der Waals surface area contributed by atoms with Gasteiger partial charge in [0.2, 0.25) is 0 Å². The molecule has 1 unspecified atom stereocenters. The van der Waals surface area contributed by atoms with Gasteiger partial charge in [0.25, 0.3) is 0 Å². The molecule has 0 aromatic rings. The molecule has 20 heavy (non-hydrogen) atoms. The summed E-state index contributed by atoms with van der Waals surface area (Å²) in [6.07, 6.45) is 6.37. The second-order valence-electron chi connectivity index (χ2n) is 7.64. The van der Waals surface area contributed by atoms with Gasteiger partial charge in [-0.3, -0.25) is 4.90 Å². The second kappa shape index (κ2) is 7.24. The first-order chi connectivity index (χ1) is 9.49. The van der Waals surface area contributed by atoms with Crippen LogP contribution >= 0.6 is 0 Å². The Morgan fingerprint density at radius 3 is 2.10 bits per heavy atom. The van der Waals surface area contributed by atoms with Crippen LogP contribution in [0.5, 0.6) is 0 Å². The standard InChI is InChI=1S/C17H34N2O/c1-13(2)7-5-6-10-18-11-15-8-9-16(12-18)19(15)17(20)14(3)4/h13-17,20H,5-12H2,1-4H3/t15-,16+,17?. The lowest BCUT2D eigenvalue weighted by Crippen LogP contribution is -2.58. The van der Waals surface area contributed by atoms with Crippen LogP contribution in [0.15, 0.2) is 0 Å². The number of nitrogens with zero attached hydrogens (tertiary/aromatic N) is 2. The Hall–Kier alpha value is -0.120. The molecular weight excluding hydrogens is 248 g/mol. The first-order valence-corrected chi connectivity index (χ1v) is 8.67. The van der Waals surface area contributed by atoms with Gasteiger partial charge in [-0.25, -0.2) is 0 Å². The molecular formula is C17H34N2O. The van der Waals surface area contributed by atoms with Crippen LogP contribution in [-0.4, -0.2) is 52.9 Å². The number of piperazine rings is 1. The molecule has 0 radical (unpaired) electrons. The lowest BCUT2D eigenvalue weighted by atomic mass is 10.0. The van der Waals surface area contributed by atoms with E-state index in [0.29, 0.717) is 18.0 Å². The average Bonchev–Trinajstić information content (AvgIpc) is 2.64. The first kappa shape index (κ1) is 16.3. The van der Waals surface area contributed by atoms with Crippen LogP contribution in [0.2, 0.25) is 0 Å². The molecule has 0 amide bonds. The van der Waals surface area contributed by atoms with Crippen molar-refractivity contribution in [2.24, 2.45) is 11.8 Å². The molecule has 2 rings (SSSR count). The van der Waals surface area contributed by atoms with Crippen molar-refractivity contribution in [2.75, 3.05) is 19.6 Å². The molecule has 2 aliphatic rings. The molecule has 0 aromatic carbocycles. The molecule has 3 nitrogen and oxygen atoms in total. The Kier molecular flexibility index (Phi) is 5.88. The maximum Gasteiger partial charge on any atom is 0.110 e. The van der Waals surface area contributed by atoms with Crippen LogP contribution in [0.1, 0.15) is 59.8 Å². The van der Waals surface area contributed by atoms with Crippen molar-refractivity contribution in [1.82, 2.24) is 9.80 Å². The van der Waals surface area contributed by atoms with Crippen LogP contribution in [-0.2, 0) is 0 Å². The summed E-state index contributed by atoms with van der Waals surface area (Å²) in [7, 11) is 0. The van der Waals surface area contributed by atoms with E-state index in [-0.39, 0.29) is 6.23 Å². The molecule has 2 aliphatic heterocycles. The third-order valence-corrected chi connectivity index (χ3v) is 5.02. The Morgan fingerprint density at radius 1 is 1.00 bits per heavy atom. The van der Waals surface area contributed by atoms with E-state index in [9.17, 15) is 5.11 Å². The Bertz CT molecular complexity index is 279. The van der Waals surface area contributed by atoms with Gasteiger partial charge < -0.3 is 10.0 Å². The number of aliphatic hydroxyl groups excluding tert-OH is 1. The third-order valence-electron chi connectivity index (χ3n) is 5.02. The van der Waals surface area contributed by atoms with Gasteiger partial charge in [0.1, 0.15) is 6.23 Å². The summed E-state index contributed by atoms with van der Waals surface area (Å²) < 4.78 is 0. The third kappa shape index (κ3) is 3.96. The molecule has 2 heterocycles. The normalized spacial score (nSPS) is 29.6. The van der Waals surface area contributed by atoms with E-state index in [1.54, 1.807) is 0 Å². The fourth-order valence-electron chi connectivity index (χ4n) is 3.87. The number of aliphatic hydroxyl groups is 1. The van der Waals surface area contributed by atoms with Gasteiger partial charge in [0.15, 0.2) is 0 Å². The van der Waals surface area contributed by atoms with Crippen molar-refractivity contribution in [3.05, 3.63) is 0 Å². The molecule has 3 heteroatoms. The largest absolute Gasteiger partial charge is 0.378 e. The minimum absolute atomic E-state index is 0.240. The topological polar surface area (TPSA) is 26.7 Å². The van der Waals surface area contributed by atoms with Crippen LogP contribution in [0.3, 0.4) is 0 Å². The van der Waals surface area contributed by atoms with Gasteiger partial charge in [-0.1, -0.05) is 40.5 Å². The average molecular weight is 282 g/mol. The van der Waals surface area contributed by atoms with Crippen molar-refractivity contribution in [3.8, 4) is 0 Å². The molecule has 0 spiro atoms. The lowest BCUT2D eigenvalue weighted by molar-refractivity contribution is -0.0883. The van der Waals surface area contributed by atoms with E-state index in [0.717, 1.165) is 5.92 Å². The summed E-state index contributed by atoms with van der Waals surface area (Å²) in [5.74, 6) is 1.18. The smallest absolute Gasteiger partial charge is 0.110 e. The van der Waals surface area contributed by atoms with Gasteiger partial charge in [-0.2, -0.15) is 0 Å². The first-order valence-electron chi connectivity index (χ1n) is 8.67. The lowest BCUT2D eigenvalue weighted by Gasteiger charge is -2.44. The summed E-state index contributed by atoms with van der Waals surface area (Å²) in [5, 5.41) is 10.4. The summed E-state index contributed by atoms with van der Waals surface area (Å²) >= 11 is 0. The van der Waals surface area contributed by atoms with Gasteiger partial charge in [-0.15, -0.1) is 0 Å². The molecule has 0 aliphatic carbocycles. The number of unbranched alkanes of at least 4 members (excludes halogenated alkanes) is 1. The zero-order chi connectivity index (χ0) is 14.7. The van der Waals surface area contributed by atoms with Gasteiger partial charge in [-0.05, 0) is 37.6 Å². The molecule has 2 saturated heterocycles. The molecule has 2 bridgehead atoms. The van der Waals surface area contributed by atoms with E-state index < -0.39 is 0 Å². The van der Waals surface area contributed by atoms with Crippen LogP contribution < -0.4 is 0 Å². The number of hydrogen-bond donors (Lipinski definition) is 1. The summed E-state index contributed by atoms with van der Waals surface area (Å²) in [4.78, 5) is 5.06. The van der Waals surface area contributed by atoms with Crippen molar-refractivity contribution in [1.29, 1.82) is 0 Å². The number of rotatable bonds is 7. The highest BCUT2D eigenvalue weighted by molar-refractivity contribution is 4.97. The van der Waals surface area contributed by atoms with Gasteiger partial charge >= 0.3 is 0 Å².